The van der Waals surface area contributed by atoms with Crippen molar-refractivity contribution in [2.45, 2.75) is 44.4 Å². The van der Waals surface area contributed by atoms with Crippen LogP contribution in [-0.4, -0.2) is 55.5 Å². The number of ether oxygens (including phenoxy) is 1. The van der Waals surface area contributed by atoms with E-state index in [0.29, 0.717) is 12.6 Å². The maximum Gasteiger partial charge on any atom is 0.411 e. The fourth-order valence-corrected chi connectivity index (χ4v) is 2.81. The molecule has 1 N–H and O–H groups in total. The average molecular weight is 280 g/mol. The molecular formula is C13H23F3N2O. The summed E-state index contributed by atoms with van der Waals surface area (Å²) in [5.74, 6) is 0.721. The molecule has 0 bridgehead atoms. The molecule has 19 heavy (non-hydrogen) atoms. The van der Waals surface area contributed by atoms with E-state index in [1.54, 1.807) is 0 Å². The van der Waals surface area contributed by atoms with Gasteiger partial charge in [0, 0.05) is 31.2 Å². The minimum Gasteiger partial charge on any atom is -0.371 e. The van der Waals surface area contributed by atoms with Crippen LogP contribution in [0.2, 0.25) is 0 Å². The summed E-state index contributed by atoms with van der Waals surface area (Å²) in [6.45, 7) is 5.68. The van der Waals surface area contributed by atoms with Gasteiger partial charge in [-0.2, -0.15) is 13.2 Å². The topological polar surface area (TPSA) is 24.5 Å². The predicted molar refractivity (Wildman–Crippen MR) is 67.0 cm³/mol. The van der Waals surface area contributed by atoms with Crippen LogP contribution < -0.4 is 5.32 Å². The lowest BCUT2D eigenvalue weighted by Gasteiger charge is -2.45. The molecule has 6 heteroatoms. The molecule has 1 heterocycles. The Morgan fingerprint density at radius 3 is 2.63 bits per heavy atom. The van der Waals surface area contributed by atoms with Gasteiger partial charge in [0.15, 0.2) is 0 Å². The molecule has 0 aromatic rings. The minimum atomic E-state index is -4.22. The van der Waals surface area contributed by atoms with Gasteiger partial charge in [-0.3, -0.25) is 4.90 Å². The van der Waals surface area contributed by atoms with Gasteiger partial charge in [-0.25, -0.2) is 0 Å². The molecular weight excluding hydrogens is 257 g/mol. The summed E-state index contributed by atoms with van der Waals surface area (Å²) in [4.78, 5) is 2.24. The van der Waals surface area contributed by atoms with Crippen LogP contribution in [0.25, 0.3) is 0 Å². The van der Waals surface area contributed by atoms with Crippen molar-refractivity contribution in [1.29, 1.82) is 0 Å². The van der Waals surface area contributed by atoms with Gasteiger partial charge in [0.05, 0.1) is 6.61 Å². The molecule has 1 saturated carbocycles. The molecule has 0 spiro atoms. The predicted octanol–water partition coefficient (Wildman–Crippen LogP) is 2.03. The zero-order valence-electron chi connectivity index (χ0n) is 11.6. The Morgan fingerprint density at radius 1 is 1.37 bits per heavy atom. The van der Waals surface area contributed by atoms with Crippen LogP contribution >= 0.6 is 0 Å². The molecule has 0 aromatic heterocycles. The molecule has 1 aliphatic carbocycles. The van der Waals surface area contributed by atoms with E-state index < -0.39 is 12.8 Å². The summed E-state index contributed by atoms with van der Waals surface area (Å²) >= 11 is 0. The first-order chi connectivity index (χ1) is 8.80. The molecule has 2 atom stereocenters. The van der Waals surface area contributed by atoms with Crippen molar-refractivity contribution in [2.24, 2.45) is 5.92 Å². The first kappa shape index (κ1) is 15.1. The van der Waals surface area contributed by atoms with E-state index >= 15 is 0 Å². The Bertz CT molecular complexity index is 307. The van der Waals surface area contributed by atoms with Crippen molar-refractivity contribution < 1.29 is 17.9 Å². The van der Waals surface area contributed by atoms with Crippen LogP contribution in [-0.2, 0) is 4.74 Å². The molecule has 0 amide bonds. The zero-order chi connectivity index (χ0) is 14.1. The van der Waals surface area contributed by atoms with Crippen molar-refractivity contribution in [3.8, 4) is 0 Å². The van der Waals surface area contributed by atoms with Gasteiger partial charge in [0.1, 0.15) is 6.61 Å². The molecule has 2 unspecified atom stereocenters. The van der Waals surface area contributed by atoms with Gasteiger partial charge in [0.2, 0.25) is 0 Å². The summed E-state index contributed by atoms with van der Waals surface area (Å²) in [7, 11) is 0. The van der Waals surface area contributed by atoms with Crippen LogP contribution in [0, 0.1) is 5.92 Å². The second-order valence-electron chi connectivity index (χ2n) is 6.06. The van der Waals surface area contributed by atoms with Gasteiger partial charge >= 0.3 is 6.18 Å². The number of alkyl halides is 3. The molecule has 0 aromatic carbocycles. The smallest absolute Gasteiger partial charge is 0.371 e. The van der Waals surface area contributed by atoms with Crippen molar-refractivity contribution in [3.63, 3.8) is 0 Å². The number of nitrogens with one attached hydrogen (secondary N) is 1. The van der Waals surface area contributed by atoms with E-state index in [0.717, 1.165) is 19.0 Å². The molecule has 3 nitrogen and oxygen atoms in total. The lowest BCUT2D eigenvalue weighted by Crippen LogP contribution is -2.63. The number of nitrogens with zero attached hydrogens (tertiary/aromatic N) is 1. The van der Waals surface area contributed by atoms with E-state index in [-0.39, 0.29) is 12.1 Å². The average Bonchev–Trinajstić information content (AvgIpc) is 3.12. The molecule has 1 saturated heterocycles. The fraction of sp³-hybridized carbons (Fsp3) is 1.00. The third kappa shape index (κ3) is 4.33. The Labute approximate surface area is 112 Å². The second-order valence-corrected chi connectivity index (χ2v) is 6.06. The first-order valence-electron chi connectivity index (χ1n) is 6.94. The Kier molecular flexibility index (Phi) is 4.42. The van der Waals surface area contributed by atoms with Crippen LogP contribution in [0.1, 0.15) is 26.7 Å². The maximum absolute atomic E-state index is 12.0. The van der Waals surface area contributed by atoms with Gasteiger partial charge in [-0.15, -0.1) is 0 Å². The zero-order valence-corrected chi connectivity index (χ0v) is 11.6. The fourth-order valence-electron chi connectivity index (χ4n) is 2.81. The van der Waals surface area contributed by atoms with Crippen molar-refractivity contribution in [1.82, 2.24) is 10.2 Å². The quantitative estimate of drug-likeness (QED) is 0.780. The first-order valence-corrected chi connectivity index (χ1v) is 6.94. The van der Waals surface area contributed by atoms with Crippen LogP contribution in [0.15, 0.2) is 0 Å². The number of rotatable bonds is 5. The highest BCUT2D eigenvalue weighted by molar-refractivity contribution is 5.03. The summed E-state index contributed by atoms with van der Waals surface area (Å²) in [6.07, 6.45) is -1.70. The van der Waals surface area contributed by atoms with Crippen molar-refractivity contribution >= 4 is 0 Å². The monoisotopic (exact) mass is 280 g/mol. The van der Waals surface area contributed by atoms with E-state index in [1.165, 1.54) is 12.8 Å². The molecule has 2 aliphatic rings. The number of hydrogen-bond acceptors (Lipinski definition) is 3. The van der Waals surface area contributed by atoms with E-state index in [2.05, 4.69) is 24.1 Å². The van der Waals surface area contributed by atoms with Gasteiger partial charge in [0.25, 0.3) is 0 Å². The molecule has 2 rings (SSSR count). The standard InChI is InChI=1S/C13H23F3N2O/c1-10-7-17-12(2,11-3-4-11)8-18(10)5-6-19-9-13(14,15)16/h10-11,17H,3-9H2,1-2H3. The summed E-state index contributed by atoms with van der Waals surface area (Å²) in [5.41, 5.74) is 0.122. The number of piperazine rings is 1. The summed E-state index contributed by atoms with van der Waals surface area (Å²) in [6, 6.07) is 0.348. The Balaban J connectivity index is 1.75. The third-order valence-electron chi connectivity index (χ3n) is 4.22. The molecule has 0 radical (unpaired) electrons. The van der Waals surface area contributed by atoms with Crippen molar-refractivity contribution in [2.75, 3.05) is 32.8 Å². The lowest BCUT2D eigenvalue weighted by atomic mass is 9.91. The highest BCUT2D eigenvalue weighted by Crippen LogP contribution is 2.41. The van der Waals surface area contributed by atoms with E-state index in [1.807, 2.05) is 0 Å². The van der Waals surface area contributed by atoms with Crippen LogP contribution in [0.3, 0.4) is 0 Å². The Hall–Kier alpha value is -0.330. The third-order valence-corrected chi connectivity index (χ3v) is 4.22. The summed E-state index contributed by atoms with van der Waals surface area (Å²) in [5, 5.41) is 3.59. The lowest BCUT2D eigenvalue weighted by molar-refractivity contribution is -0.175. The minimum absolute atomic E-state index is 0.122. The van der Waals surface area contributed by atoms with Crippen molar-refractivity contribution in [3.05, 3.63) is 0 Å². The number of hydrogen-bond donors (Lipinski definition) is 1. The molecule has 112 valence electrons. The SMILES string of the molecule is CC1CNC(C)(C2CC2)CN1CCOCC(F)(F)F. The highest BCUT2D eigenvalue weighted by atomic mass is 19.4. The largest absolute Gasteiger partial charge is 0.411 e. The maximum atomic E-state index is 12.0. The second kappa shape index (κ2) is 5.58. The Morgan fingerprint density at radius 2 is 2.05 bits per heavy atom. The molecule has 1 aliphatic heterocycles. The highest BCUT2D eigenvalue weighted by Gasteiger charge is 2.45. The number of halogens is 3. The molecule has 2 fully saturated rings. The van der Waals surface area contributed by atoms with Crippen LogP contribution in [0.4, 0.5) is 13.2 Å². The van der Waals surface area contributed by atoms with Crippen LogP contribution in [0.5, 0.6) is 0 Å². The van der Waals surface area contributed by atoms with Gasteiger partial charge in [-0.1, -0.05) is 0 Å². The van der Waals surface area contributed by atoms with Gasteiger partial charge in [-0.05, 0) is 32.6 Å². The van der Waals surface area contributed by atoms with Gasteiger partial charge < -0.3 is 10.1 Å². The van der Waals surface area contributed by atoms with E-state index in [4.69, 9.17) is 4.74 Å². The summed E-state index contributed by atoms with van der Waals surface area (Å²) < 4.78 is 40.7. The normalized spacial score (nSPS) is 33.6. The van der Waals surface area contributed by atoms with E-state index in [9.17, 15) is 13.2 Å².